The maximum Gasteiger partial charge on any atom is 0.316 e. The van der Waals surface area contributed by atoms with E-state index in [1.807, 2.05) is 0 Å². The van der Waals surface area contributed by atoms with Gasteiger partial charge in [0.2, 0.25) is 10.0 Å². The van der Waals surface area contributed by atoms with E-state index < -0.39 is 10.0 Å². The lowest BCUT2D eigenvalue weighted by Gasteiger charge is -2.08. The van der Waals surface area contributed by atoms with E-state index in [4.69, 9.17) is 9.88 Å². The normalized spacial score (nSPS) is 11.5. The van der Waals surface area contributed by atoms with Crippen molar-refractivity contribution in [2.75, 3.05) is 6.61 Å². The SMILES string of the molecule is CCOc1nc(C)c(S(N)(=O)=O)c(C)n1. The smallest absolute Gasteiger partial charge is 0.316 e. The highest BCUT2D eigenvalue weighted by atomic mass is 32.2. The van der Waals surface area contributed by atoms with Gasteiger partial charge in [0.15, 0.2) is 0 Å². The van der Waals surface area contributed by atoms with Crippen LogP contribution < -0.4 is 9.88 Å². The van der Waals surface area contributed by atoms with Gasteiger partial charge in [-0.1, -0.05) is 0 Å². The van der Waals surface area contributed by atoms with Crippen molar-refractivity contribution in [3.63, 3.8) is 0 Å². The molecule has 1 aromatic heterocycles. The number of ether oxygens (including phenoxy) is 1. The van der Waals surface area contributed by atoms with Crippen molar-refractivity contribution in [1.29, 1.82) is 0 Å². The quantitative estimate of drug-likeness (QED) is 0.798. The van der Waals surface area contributed by atoms with E-state index in [2.05, 4.69) is 9.97 Å². The first-order valence-electron chi connectivity index (χ1n) is 4.37. The molecule has 0 aromatic carbocycles. The van der Waals surface area contributed by atoms with E-state index in [-0.39, 0.29) is 10.9 Å². The van der Waals surface area contributed by atoms with Gasteiger partial charge in [-0.05, 0) is 20.8 Å². The van der Waals surface area contributed by atoms with E-state index in [0.29, 0.717) is 18.0 Å². The zero-order valence-electron chi connectivity index (χ0n) is 8.81. The molecule has 0 atom stereocenters. The van der Waals surface area contributed by atoms with Gasteiger partial charge >= 0.3 is 6.01 Å². The number of aryl methyl sites for hydroxylation is 2. The molecule has 7 heteroatoms. The van der Waals surface area contributed by atoms with Gasteiger partial charge in [-0.25, -0.2) is 13.6 Å². The molecule has 0 bridgehead atoms. The van der Waals surface area contributed by atoms with Crippen molar-refractivity contribution < 1.29 is 13.2 Å². The molecule has 0 aliphatic heterocycles. The molecule has 0 unspecified atom stereocenters. The van der Waals surface area contributed by atoms with Crippen molar-refractivity contribution in [3.05, 3.63) is 11.4 Å². The molecule has 0 fully saturated rings. The van der Waals surface area contributed by atoms with Crippen LogP contribution in [0.1, 0.15) is 18.3 Å². The van der Waals surface area contributed by atoms with E-state index >= 15 is 0 Å². The lowest BCUT2D eigenvalue weighted by molar-refractivity contribution is 0.310. The molecule has 0 aliphatic carbocycles. The summed E-state index contributed by atoms with van der Waals surface area (Å²) in [6, 6.07) is 0.167. The Morgan fingerprint density at radius 3 is 2.07 bits per heavy atom. The summed E-state index contributed by atoms with van der Waals surface area (Å²) in [5.41, 5.74) is 0.599. The zero-order valence-corrected chi connectivity index (χ0v) is 9.63. The van der Waals surface area contributed by atoms with Gasteiger partial charge < -0.3 is 4.74 Å². The third-order valence-electron chi connectivity index (χ3n) is 1.74. The van der Waals surface area contributed by atoms with Crippen LogP contribution in [0.2, 0.25) is 0 Å². The standard InChI is InChI=1S/C8H13N3O3S/c1-4-14-8-10-5(2)7(6(3)11-8)15(9,12)13/h4H2,1-3H3,(H2,9,12,13). The van der Waals surface area contributed by atoms with Gasteiger partial charge in [0.25, 0.3) is 0 Å². The van der Waals surface area contributed by atoms with E-state index in [0.717, 1.165) is 0 Å². The van der Waals surface area contributed by atoms with Gasteiger partial charge in [-0.2, -0.15) is 9.97 Å². The number of nitrogens with two attached hydrogens (primary N) is 1. The van der Waals surface area contributed by atoms with Crippen molar-refractivity contribution in [2.24, 2.45) is 5.14 Å². The number of hydrogen-bond donors (Lipinski definition) is 1. The van der Waals surface area contributed by atoms with Gasteiger partial charge in [-0.15, -0.1) is 0 Å². The summed E-state index contributed by atoms with van der Waals surface area (Å²) >= 11 is 0. The minimum absolute atomic E-state index is 0.0362. The lowest BCUT2D eigenvalue weighted by atomic mass is 10.3. The Morgan fingerprint density at radius 2 is 1.73 bits per heavy atom. The summed E-state index contributed by atoms with van der Waals surface area (Å²) in [7, 11) is -3.78. The molecule has 15 heavy (non-hydrogen) atoms. The highest BCUT2D eigenvalue weighted by Gasteiger charge is 2.18. The van der Waals surface area contributed by atoms with Crippen LogP contribution in [0.15, 0.2) is 4.90 Å². The highest BCUT2D eigenvalue weighted by molar-refractivity contribution is 7.89. The first kappa shape index (κ1) is 11.9. The Hall–Kier alpha value is -1.21. The van der Waals surface area contributed by atoms with Crippen LogP contribution in [0.5, 0.6) is 6.01 Å². The third kappa shape index (κ3) is 2.63. The maximum atomic E-state index is 11.2. The second-order valence-electron chi connectivity index (χ2n) is 2.98. The van der Waals surface area contributed by atoms with E-state index in [1.165, 1.54) is 0 Å². The number of hydrogen-bond acceptors (Lipinski definition) is 5. The van der Waals surface area contributed by atoms with Gasteiger partial charge in [-0.3, -0.25) is 0 Å². The molecular weight excluding hydrogens is 218 g/mol. The largest absolute Gasteiger partial charge is 0.464 e. The molecular formula is C8H13N3O3S. The Labute approximate surface area is 88.5 Å². The first-order chi connectivity index (χ1) is 6.86. The molecule has 2 N–H and O–H groups in total. The Kier molecular flexibility index (Phi) is 3.25. The molecule has 0 radical (unpaired) electrons. The van der Waals surface area contributed by atoms with E-state index in [9.17, 15) is 8.42 Å². The number of sulfonamides is 1. The molecule has 0 saturated heterocycles. The fraction of sp³-hybridized carbons (Fsp3) is 0.500. The van der Waals surface area contributed by atoms with Crippen LogP contribution in [0.25, 0.3) is 0 Å². The Morgan fingerprint density at radius 1 is 1.27 bits per heavy atom. The minimum atomic E-state index is -3.78. The van der Waals surface area contributed by atoms with E-state index in [1.54, 1.807) is 20.8 Å². The van der Waals surface area contributed by atoms with Gasteiger partial charge in [0.05, 0.1) is 18.0 Å². The van der Waals surface area contributed by atoms with Crippen LogP contribution >= 0.6 is 0 Å². The second-order valence-corrected chi connectivity index (χ2v) is 4.48. The van der Waals surface area contributed by atoms with Crippen LogP contribution in [0.4, 0.5) is 0 Å². The molecule has 1 aromatic rings. The predicted molar refractivity (Wildman–Crippen MR) is 54.0 cm³/mol. The summed E-state index contributed by atoms with van der Waals surface area (Å²) in [6.45, 7) is 5.32. The second kappa shape index (κ2) is 4.11. The third-order valence-corrected chi connectivity index (χ3v) is 2.90. The lowest BCUT2D eigenvalue weighted by Crippen LogP contribution is -2.17. The number of nitrogens with zero attached hydrogens (tertiary/aromatic N) is 2. The first-order valence-corrected chi connectivity index (χ1v) is 5.91. The molecule has 6 nitrogen and oxygen atoms in total. The number of primary sulfonamides is 1. The summed E-state index contributed by atoms with van der Waals surface area (Å²) in [4.78, 5) is 7.76. The molecule has 0 saturated carbocycles. The Balaban J connectivity index is 3.34. The summed E-state index contributed by atoms with van der Waals surface area (Å²) in [6.07, 6.45) is 0. The van der Waals surface area contributed by atoms with Crippen LogP contribution in [0.3, 0.4) is 0 Å². The Bertz CT molecular complexity index is 447. The molecule has 0 amide bonds. The zero-order chi connectivity index (χ0) is 11.6. The maximum absolute atomic E-state index is 11.2. The van der Waals surface area contributed by atoms with Crippen LogP contribution in [0, 0.1) is 13.8 Å². The van der Waals surface area contributed by atoms with Gasteiger partial charge in [0.1, 0.15) is 4.90 Å². The summed E-state index contributed by atoms with van der Waals surface area (Å²) < 4.78 is 27.5. The van der Waals surface area contributed by atoms with Crippen molar-refractivity contribution in [2.45, 2.75) is 25.7 Å². The average Bonchev–Trinajstić information content (AvgIpc) is 1.99. The fourth-order valence-electron chi connectivity index (χ4n) is 1.28. The van der Waals surface area contributed by atoms with Gasteiger partial charge in [0, 0.05) is 0 Å². The minimum Gasteiger partial charge on any atom is -0.464 e. The highest BCUT2D eigenvalue weighted by Crippen LogP contribution is 2.17. The monoisotopic (exact) mass is 231 g/mol. The molecule has 0 aliphatic rings. The molecule has 1 heterocycles. The molecule has 0 spiro atoms. The molecule has 1 rings (SSSR count). The van der Waals surface area contributed by atoms with Crippen molar-refractivity contribution in [3.8, 4) is 6.01 Å². The summed E-state index contributed by atoms with van der Waals surface area (Å²) in [5, 5.41) is 5.03. The average molecular weight is 231 g/mol. The van der Waals surface area contributed by atoms with Crippen molar-refractivity contribution in [1.82, 2.24) is 9.97 Å². The fourth-order valence-corrected chi connectivity index (χ4v) is 2.20. The number of aromatic nitrogens is 2. The number of rotatable bonds is 3. The van der Waals surface area contributed by atoms with Crippen LogP contribution in [-0.2, 0) is 10.0 Å². The molecule has 84 valence electrons. The summed E-state index contributed by atoms with van der Waals surface area (Å²) in [5.74, 6) is 0. The predicted octanol–water partition coefficient (Wildman–Crippen LogP) is 0.140. The van der Waals surface area contributed by atoms with Crippen molar-refractivity contribution >= 4 is 10.0 Å². The van der Waals surface area contributed by atoms with Crippen LogP contribution in [-0.4, -0.2) is 25.0 Å². The topological polar surface area (TPSA) is 95.2 Å².